The lowest BCUT2D eigenvalue weighted by atomic mass is 10.1. The highest BCUT2D eigenvalue weighted by atomic mass is 32.1. The Labute approximate surface area is 172 Å². The number of carbonyl (C=O) groups is 2. The Bertz CT molecular complexity index is 1030. The summed E-state index contributed by atoms with van der Waals surface area (Å²) in [4.78, 5) is 26.1. The Morgan fingerprint density at radius 1 is 0.966 bits per heavy atom. The number of nitrogens with one attached hydrogen (secondary N) is 2. The van der Waals surface area contributed by atoms with Crippen molar-refractivity contribution < 1.29 is 19.1 Å². The van der Waals surface area contributed by atoms with E-state index in [0.717, 1.165) is 4.88 Å². The second-order valence-electron chi connectivity index (χ2n) is 5.78. The van der Waals surface area contributed by atoms with Crippen LogP contribution in [0.3, 0.4) is 0 Å². The van der Waals surface area contributed by atoms with Gasteiger partial charge in [-0.1, -0.05) is 18.2 Å². The number of para-hydroxylation sites is 1. The monoisotopic (exact) mass is 409 g/mol. The van der Waals surface area contributed by atoms with E-state index >= 15 is 0 Å². The maximum atomic E-state index is 12.7. The van der Waals surface area contributed by atoms with Gasteiger partial charge in [-0.2, -0.15) is 5.10 Å². The first kappa shape index (κ1) is 20.1. The highest BCUT2D eigenvalue weighted by Gasteiger charge is 2.15. The van der Waals surface area contributed by atoms with Gasteiger partial charge in [-0.25, -0.2) is 5.43 Å². The van der Waals surface area contributed by atoms with Crippen LogP contribution < -0.4 is 20.2 Å². The van der Waals surface area contributed by atoms with Crippen LogP contribution in [0.2, 0.25) is 0 Å². The lowest BCUT2D eigenvalue weighted by Gasteiger charge is -2.12. The minimum absolute atomic E-state index is 0.296. The maximum Gasteiger partial charge on any atom is 0.273 e. The third kappa shape index (κ3) is 4.99. The molecule has 0 radical (unpaired) electrons. The molecular formula is C21H19N3O4S. The molecule has 2 N–H and O–H groups in total. The molecule has 3 rings (SSSR count). The summed E-state index contributed by atoms with van der Waals surface area (Å²) in [6, 6.07) is 15.3. The molecule has 0 saturated heterocycles. The number of thiophene rings is 1. The fourth-order valence-corrected chi connectivity index (χ4v) is 3.13. The second-order valence-corrected chi connectivity index (χ2v) is 6.76. The first-order chi connectivity index (χ1) is 14.1. The topological polar surface area (TPSA) is 89.0 Å². The molecule has 7 nitrogen and oxygen atoms in total. The molecule has 29 heavy (non-hydrogen) atoms. The fraction of sp³-hybridized carbons (Fsp3) is 0.0952. The molecule has 1 heterocycles. The minimum Gasteiger partial charge on any atom is -0.493 e. The molecule has 0 aliphatic carbocycles. The lowest BCUT2D eigenvalue weighted by Crippen LogP contribution is -2.21. The largest absolute Gasteiger partial charge is 0.493 e. The smallest absolute Gasteiger partial charge is 0.273 e. The summed E-state index contributed by atoms with van der Waals surface area (Å²) < 4.78 is 10.4. The van der Waals surface area contributed by atoms with Crippen LogP contribution in [0.15, 0.2) is 65.1 Å². The predicted molar refractivity (Wildman–Crippen MR) is 113 cm³/mol. The fourth-order valence-electron chi connectivity index (χ4n) is 2.54. The summed E-state index contributed by atoms with van der Waals surface area (Å²) in [7, 11) is 3.02. The van der Waals surface area contributed by atoms with E-state index in [9.17, 15) is 9.59 Å². The molecule has 0 aliphatic heterocycles. The number of amides is 2. The number of hydrogen-bond donors (Lipinski definition) is 2. The summed E-state index contributed by atoms with van der Waals surface area (Å²) in [6.07, 6.45) is 1.56. The molecule has 148 valence electrons. The van der Waals surface area contributed by atoms with Gasteiger partial charge < -0.3 is 14.8 Å². The van der Waals surface area contributed by atoms with Crippen molar-refractivity contribution in [3.63, 3.8) is 0 Å². The van der Waals surface area contributed by atoms with Crippen LogP contribution in [-0.2, 0) is 0 Å². The van der Waals surface area contributed by atoms with Crippen molar-refractivity contribution in [2.45, 2.75) is 0 Å². The SMILES string of the molecule is COc1ccc(C(=O)Nc2ccccc2C(=O)NN=Cc2cccs2)cc1OC. The minimum atomic E-state index is -0.430. The van der Waals surface area contributed by atoms with Crippen LogP contribution in [0.5, 0.6) is 11.5 Å². The van der Waals surface area contributed by atoms with Crippen molar-refractivity contribution in [1.29, 1.82) is 0 Å². The van der Waals surface area contributed by atoms with Gasteiger partial charge >= 0.3 is 0 Å². The molecule has 0 fully saturated rings. The van der Waals surface area contributed by atoms with Gasteiger partial charge in [0.2, 0.25) is 0 Å². The number of hydrazone groups is 1. The Morgan fingerprint density at radius 3 is 2.48 bits per heavy atom. The number of methoxy groups -OCH3 is 2. The van der Waals surface area contributed by atoms with Gasteiger partial charge in [0.15, 0.2) is 11.5 Å². The Kier molecular flexibility index (Phi) is 6.59. The quantitative estimate of drug-likeness (QED) is 0.459. The molecule has 2 amide bonds. The van der Waals surface area contributed by atoms with E-state index in [1.54, 1.807) is 48.7 Å². The molecule has 1 aromatic heterocycles. The third-order valence-corrected chi connectivity index (χ3v) is 4.77. The zero-order valence-electron chi connectivity index (χ0n) is 15.8. The predicted octanol–water partition coefficient (Wildman–Crippen LogP) is 3.78. The Hall–Kier alpha value is -3.65. The molecule has 0 saturated carbocycles. The van der Waals surface area contributed by atoms with Gasteiger partial charge in [-0.05, 0) is 41.8 Å². The van der Waals surface area contributed by atoms with Gasteiger partial charge in [0.25, 0.3) is 11.8 Å². The van der Waals surface area contributed by atoms with Crippen molar-refractivity contribution in [2.24, 2.45) is 5.10 Å². The van der Waals surface area contributed by atoms with E-state index in [4.69, 9.17) is 9.47 Å². The Balaban J connectivity index is 1.74. The average molecular weight is 409 g/mol. The second kappa shape index (κ2) is 9.52. The maximum absolute atomic E-state index is 12.7. The van der Waals surface area contributed by atoms with Crippen molar-refractivity contribution >= 4 is 35.1 Å². The number of nitrogens with zero attached hydrogens (tertiary/aromatic N) is 1. The van der Waals surface area contributed by atoms with E-state index in [1.165, 1.54) is 25.6 Å². The van der Waals surface area contributed by atoms with E-state index < -0.39 is 5.91 Å². The number of carbonyl (C=O) groups excluding carboxylic acids is 2. The van der Waals surface area contributed by atoms with Gasteiger partial charge in [-0.15, -0.1) is 11.3 Å². The van der Waals surface area contributed by atoms with Crippen molar-refractivity contribution in [3.8, 4) is 11.5 Å². The molecule has 0 atom stereocenters. The number of benzene rings is 2. The summed E-state index contributed by atoms with van der Waals surface area (Å²) in [5.74, 6) is 0.149. The van der Waals surface area contributed by atoms with Crippen LogP contribution in [-0.4, -0.2) is 32.2 Å². The zero-order valence-corrected chi connectivity index (χ0v) is 16.7. The van der Waals surface area contributed by atoms with Gasteiger partial charge in [0.05, 0.1) is 31.7 Å². The van der Waals surface area contributed by atoms with E-state index in [-0.39, 0.29) is 5.91 Å². The van der Waals surface area contributed by atoms with E-state index in [2.05, 4.69) is 15.8 Å². The molecule has 0 bridgehead atoms. The Morgan fingerprint density at radius 2 is 1.76 bits per heavy atom. The van der Waals surface area contributed by atoms with Crippen LogP contribution in [0, 0.1) is 0 Å². The van der Waals surface area contributed by atoms with Gasteiger partial charge in [-0.3, -0.25) is 9.59 Å². The lowest BCUT2D eigenvalue weighted by molar-refractivity contribution is 0.0956. The summed E-state index contributed by atoms with van der Waals surface area (Å²) in [6.45, 7) is 0. The van der Waals surface area contributed by atoms with Crippen LogP contribution in [0.1, 0.15) is 25.6 Å². The van der Waals surface area contributed by atoms with Crippen molar-refractivity contribution in [1.82, 2.24) is 5.43 Å². The standard InChI is InChI=1S/C21H19N3O4S/c1-27-18-10-9-14(12-19(18)28-2)20(25)23-17-8-4-3-7-16(17)21(26)24-22-13-15-6-5-11-29-15/h3-13H,1-2H3,(H,23,25)(H,24,26). The summed E-state index contributed by atoms with van der Waals surface area (Å²) in [5.41, 5.74) is 3.51. The van der Waals surface area contributed by atoms with E-state index in [0.29, 0.717) is 28.3 Å². The van der Waals surface area contributed by atoms with Crippen LogP contribution in [0.4, 0.5) is 5.69 Å². The van der Waals surface area contributed by atoms with Crippen molar-refractivity contribution in [3.05, 3.63) is 76.0 Å². The normalized spacial score (nSPS) is 10.6. The average Bonchev–Trinajstić information content (AvgIpc) is 3.27. The molecule has 0 aliphatic rings. The number of rotatable bonds is 7. The van der Waals surface area contributed by atoms with Crippen LogP contribution >= 0.6 is 11.3 Å². The molecule has 0 unspecified atom stereocenters. The highest BCUT2D eigenvalue weighted by molar-refractivity contribution is 7.11. The van der Waals surface area contributed by atoms with Crippen molar-refractivity contribution in [2.75, 3.05) is 19.5 Å². The van der Waals surface area contributed by atoms with Gasteiger partial charge in [0.1, 0.15) is 0 Å². The number of ether oxygens (including phenoxy) is 2. The number of anilines is 1. The van der Waals surface area contributed by atoms with E-state index in [1.807, 2.05) is 17.5 Å². The first-order valence-corrected chi connectivity index (χ1v) is 9.49. The first-order valence-electron chi connectivity index (χ1n) is 8.61. The summed E-state index contributed by atoms with van der Waals surface area (Å²) >= 11 is 1.51. The molecule has 8 heteroatoms. The molecule has 2 aromatic carbocycles. The number of hydrogen-bond acceptors (Lipinski definition) is 6. The van der Waals surface area contributed by atoms with Crippen LogP contribution in [0.25, 0.3) is 0 Å². The summed E-state index contributed by atoms with van der Waals surface area (Å²) in [5, 5.41) is 8.63. The third-order valence-electron chi connectivity index (χ3n) is 3.97. The molecular weight excluding hydrogens is 390 g/mol. The van der Waals surface area contributed by atoms with Gasteiger partial charge in [0, 0.05) is 10.4 Å². The zero-order chi connectivity index (χ0) is 20.6. The highest BCUT2D eigenvalue weighted by Crippen LogP contribution is 2.28. The molecule has 3 aromatic rings. The molecule has 0 spiro atoms.